The van der Waals surface area contributed by atoms with Gasteiger partial charge in [-0.15, -0.1) is 0 Å². The molecule has 0 radical (unpaired) electrons. The molecule has 2 atom stereocenters. The van der Waals surface area contributed by atoms with Crippen LogP contribution in [0.25, 0.3) is 0 Å². The third-order valence-electron chi connectivity index (χ3n) is 5.15. The van der Waals surface area contributed by atoms with Gasteiger partial charge in [0.25, 0.3) is 5.69 Å². The number of likely N-dealkylation sites (tertiary alicyclic amines) is 1. The number of nitrogens with zero attached hydrogens (tertiary/aromatic N) is 3. The second-order valence-electron chi connectivity index (χ2n) is 7.20. The molecule has 0 N–H and O–H groups in total. The number of nitriles is 1. The molecule has 144 valence electrons. The van der Waals surface area contributed by atoms with Gasteiger partial charge in [-0.1, -0.05) is 30.3 Å². The molecule has 0 saturated carbocycles. The van der Waals surface area contributed by atoms with E-state index >= 15 is 0 Å². The molecule has 0 spiro atoms. The predicted octanol–water partition coefficient (Wildman–Crippen LogP) is 3.56. The SMILES string of the molecule is C[C@]1(C#N)CCN(Cc2ccccc2)C[C@H]1OC(=O)c1ccc([N+](=O)[O-])cc1. The van der Waals surface area contributed by atoms with E-state index < -0.39 is 22.4 Å². The standard InChI is InChI=1S/C21H21N3O4/c1-21(15-22)11-12-23(13-16-5-3-2-4-6-16)14-19(21)28-20(25)17-7-9-18(10-8-17)24(26)27/h2-10,19H,11-14H2,1H3/t19-,21-/m1/s1. The Morgan fingerprint density at radius 1 is 1.29 bits per heavy atom. The summed E-state index contributed by atoms with van der Waals surface area (Å²) in [4.78, 5) is 24.9. The van der Waals surface area contributed by atoms with Crippen molar-refractivity contribution >= 4 is 11.7 Å². The number of ether oxygens (including phenoxy) is 1. The van der Waals surface area contributed by atoms with Crippen LogP contribution in [-0.2, 0) is 11.3 Å². The molecule has 0 aliphatic carbocycles. The minimum absolute atomic E-state index is 0.0925. The maximum absolute atomic E-state index is 12.5. The smallest absolute Gasteiger partial charge is 0.338 e. The third-order valence-corrected chi connectivity index (χ3v) is 5.15. The van der Waals surface area contributed by atoms with Crippen molar-refractivity contribution in [3.8, 4) is 6.07 Å². The van der Waals surface area contributed by atoms with E-state index in [4.69, 9.17) is 4.74 Å². The van der Waals surface area contributed by atoms with Gasteiger partial charge < -0.3 is 4.74 Å². The number of esters is 1. The molecule has 3 rings (SSSR count). The molecular formula is C21H21N3O4. The van der Waals surface area contributed by atoms with Crippen LogP contribution < -0.4 is 0 Å². The van der Waals surface area contributed by atoms with Crippen molar-refractivity contribution in [1.29, 1.82) is 5.26 Å². The van der Waals surface area contributed by atoms with Crippen molar-refractivity contribution in [1.82, 2.24) is 4.90 Å². The Bertz CT molecular complexity index is 892. The van der Waals surface area contributed by atoms with Gasteiger partial charge in [0.05, 0.1) is 22.0 Å². The Morgan fingerprint density at radius 3 is 2.57 bits per heavy atom. The van der Waals surface area contributed by atoms with E-state index in [9.17, 15) is 20.2 Å². The van der Waals surface area contributed by atoms with Crippen molar-refractivity contribution in [3.05, 3.63) is 75.8 Å². The quantitative estimate of drug-likeness (QED) is 0.448. The summed E-state index contributed by atoms with van der Waals surface area (Å²) >= 11 is 0. The van der Waals surface area contributed by atoms with Gasteiger partial charge in [0.2, 0.25) is 0 Å². The first-order valence-electron chi connectivity index (χ1n) is 9.04. The van der Waals surface area contributed by atoms with Gasteiger partial charge in [-0.3, -0.25) is 15.0 Å². The van der Waals surface area contributed by atoms with E-state index in [1.54, 1.807) is 6.92 Å². The monoisotopic (exact) mass is 379 g/mol. The van der Waals surface area contributed by atoms with Gasteiger partial charge in [-0.25, -0.2) is 4.79 Å². The van der Waals surface area contributed by atoms with Gasteiger partial charge >= 0.3 is 5.97 Å². The molecule has 7 nitrogen and oxygen atoms in total. The molecular weight excluding hydrogens is 358 g/mol. The highest BCUT2D eigenvalue weighted by Gasteiger charge is 2.42. The highest BCUT2D eigenvalue weighted by atomic mass is 16.6. The first-order valence-corrected chi connectivity index (χ1v) is 9.04. The van der Waals surface area contributed by atoms with Crippen molar-refractivity contribution in [2.24, 2.45) is 5.41 Å². The second kappa shape index (κ2) is 8.19. The van der Waals surface area contributed by atoms with E-state index in [1.165, 1.54) is 24.3 Å². The number of benzene rings is 2. The van der Waals surface area contributed by atoms with Crippen LogP contribution in [0.5, 0.6) is 0 Å². The number of nitro groups is 1. The van der Waals surface area contributed by atoms with Gasteiger partial charge in [0.15, 0.2) is 0 Å². The summed E-state index contributed by atoms with van der Waals surface area (Å²) in [7, 11) is 0. The van der Waals surface area contributed by atoms with Gasteiger partial charge in [0, 0.05) is 31.8 Å². The van der Waals surface area contributed by atoms with Crippen molar-refractivity contribution in [2.75, 3.05) is 13.1 Å². The van der Waals surface area contributed by atoms with Crippen LogP contribution in [0.15, 0.2) is 54.6 Å². The van der Waals surface area contributed by atoms with Crippen LogP contribution in [0.4, 0.5) is 5.69 Å². The van der Waals surface area contributed by atoms with E-state index in [0.717, 1.165) is 12.1 Å². The minimum Gasteiger partial charge on any atom is -0.456 e. The third kappa shape index (κ3) is 4.35. The lowest BCUT2D eigenvalue weighted by atomic mass is 9.79. The summed E-state index contributed by atoms with van der Waals surface area (Å²) in [6.07, 6.45) is 0.00630. The Labute approximate surface area is 163 Å². The molecule has 0 bridgehead atoms. The topological polar surface area (TPSA) is 96.5 Å². The fourth-order valence-electron chi connectivity index (χ4n) is 3.28. The molecule has 28 heavy (non-hydrogen) atoms. The number of hydrogen-bond acceptors (Lipinski definition) is 6. The number of carbonyl (C=O) groups is 1. The summed E-state index contributed by atoms with van der Waals surface area (Å²) in [5.41, 5.74) is 0.517. The Morgan fingerprint density at radius 2 is 1.96 bits per heavy atom. The van der Waals surface area contributed by atoms with Crippen LogP contribution in [0.3, 0.4) is 0 Å². The number of rotatable bonds is 5. The summed E-state index contributed by atoms with van der Waals surface area (Å²) in [6.45, 7) is 3.72. The highest BCUT2D eigenvalue weighted by molar-refractivity contribution is 5.89. The first kappa shape index (κ1) is 19.5. The number of hydrogen-bond donors (Lipinski definition) is 0. The molecule has 2 aromatic rings. The zero-order chi connectivity index (χ0) is 20.1. The van der Waals surface area contributed by atoms with Crippen LogP contribution in [0.2, 0.25) is 0 Å². The van der Waals surface area contributed by atoms with Crippen LogP contribution in [0, 0.1) is 26.9 Å². The molecule has 1 saturated heterocycles. The lowest BCUT2D eigenvalue weighted by Crippen LogP contribution is -2.50. The first-order chi connectivity index (χ1) is 13.4. The Kier molecular flexibility index (Phi) is 5.71. The van der Waals surface area contributed by atoms with Crippen LogP contribution in [0.1, 0.15) is 29.3 Å². The average molecular weight is 379 g/mol. The van der Waals surface area contributed by atoms with Crippen molar-refractivity contribution < 1.29 is 14.5 Å². The molecule has 0 unspecified atom stereocenters. The lowest BCUT2D eigenvalue weighted by molar-refractivity contribution is -0.384. The minimum atomic E-state index is -0.774. The average Bonchev–Trinajstić information content (AvgIpc) is 2.71. The summed E-state index contributed by atoms with van der Waals surface area (Å²) in [6, 6.07) is 17.6. The second-order valence-corrected chi connectivity index (χ2v) is 7.20. The Hall–Kier alpha value is -3.24. The molecule has 0 aromatic heterocycles. The maximum atomic E-state index is 12.5. The van der Waals surface area contributed by atoms with E-state index in [1.807, 2.05) is 30.3 Å². The van der Waals surface area contributed by atoms with Gasteiger partial charge in [-0.2, -0.15) is 5.26 Å². The molecule has 0 amide bonds. The number of carbonyl (C=O) groups excluding carboxylic acids is 1. The van der Waals surface area contributed by atoms with E-state index in [2.05, 4.69) is 11.0 Å². The molecule has 7 heteroatoms. The molecule has 1 aliphatic rings. The molecule has 1 fully saturated rings. The maximum Gasteiger partial charge on any atom is 0.338 e. The van der Waals surface area contributed by atoms with Crippen LogP contribution in [-0.4, -0.2) is 35.0 Å². The van der Waals surface area contributed by atoms with Gasteiger partial charge in [0.1, 0.15) is 6.10 Å². The zero-order valence-corrected chi connectivity index (χ0v) is 15.6. The molecule has 1 heterocycles. The summed E-state index contributed by atoms with van der Waals surface area (Å²) in [5, 5.41) is 20.4. The van der Waals surface area contributed by atoms with E-state index in [0.29, 0.717) is 19.5 Å². The summed E-state index contributed by atoms with van der Waals surface area (Å²) in [5.74, 6) is -0.581. The van der Waals surface area contributed by atoms with E-state index in [-0.39, 0.29) is 11.3 Å². The lowest BCUT2D eigenvalue weighted by Gasteiger charge is -2.41. The summed E-state index contributed by atoms with van der Waals surface area (Å²) < 4.78 is 5.68. The number of nitro benzene ring substituents is 1. The largest absolute Gasteiger partial charge is 0.456 e. The van der Waals surface area contributed by atoms with Crippen LogP contribution >= 0.6 is 0 Å². The normalized spacial score (nSPS) is 22.2. The zero-order valence-electron chi connectivity index (χ0n) is 15.6. The molecule has 1 aliphatic heterocycles. The number of non-ortho nitro benzene ring substituents is 1. The highest BCUT2D eigenvalue weighted by Crippen LogP contribution is 2.34. The number of piperidine rings is 1. The predicted molar refractivity (Wildman–Crippen MR) is 102 cm³/mol. The molecule has 2 aromatic carbocycles. The van der Waals surface area contributed by atoms with Crippen molar-refractivity contribution in [3.63, 3.8) is 0 Å². The fourth-order valence-corrected chi connectivity index (χ4v) is 3.28. The van der Waals surface area contributed by atoms with Gasteiger partial charge in [-0.05, 0) is 31.0 Å². The van der Waals surface area contributed by atoms with Crippen molar-refractivity contribution in [2.45, 2.75) is 26.0 Å². The Balaban J connectivity index is 1.71. The fraction of sp³-hybridized carbons (Fsp3) is 0.333.